The van der Waals surface area contributed by atoms with Gasteiger partial charge in [-0.3, -0.25) is 0 Å². The van der Waals surface area contributed by atoms with Crippen LogP contribution in [0.25, 0.3) is 0 Å². The molecule has 2 saturated heterocycles. The van der Waals surface area contributed by atoms with Crippen molar-refractivity contribution in [2.75, 3.05) is 33.2 Å². The van der Waals surface area contributed by atoms with Crippen LogP contribution in [0.1, 0.15) is 81.1 Å². The van der Waals surface area contributed by atoms with Crippen LogP contribution in [0.2, 0.25) is 0 Å². The van der Waals surface area contributed by atoms with Crippen LogP contribution < -0.4 is 0 Å². The molecule has 2 heterocycles. The van der Waals surface area contributed by atoms with E-state index in [-0.39, 0.29) is 0 Å². The van der Waals surface area contributed by atoms with Crippen LogP contribution in [0.4, 0.5) is 0 Å². The molecule has 0 radical (unpaired) electrons. The second-order valence-electron chi connectivity index (χ2n) is 8.92. The van der Waals surface area contributed by atoms with E-state index in [2.05, 4.69) is 58.4 Å². The monoisotopic (exact) mass is 340 g/mol. The van der Waals surface area contributed by atoms with Gasteiger partial charge in [-0.15, -0.1) is 0 Å². The van der Waals surface area contributed by atoms with Gasteiger partial charge in [-0.25, -0.2) is 0 Å². The lowest BCUT2D eigenvalue weighted by atomic mass is 9.97. The third kappa shape index (κ3) is 10.7. The van der Waals surface area contributed by atoms with Gasteiger partial charge in [0.05, 0.1) is 0 Å². The van der Waals surface area contributed by atoms with Gasteiger partial charge in [-0.1, -0.05) is 41.5 Å². The molecular weight excluding hydrogens is 292 g/mol. The Kier molecular flexibility index (Phi) is 13.1. The maximum atomic E-state index is 2.60. The molecule has 2 fully saturated rings. The summed E-state index contributed by atoms with van der Waals surface area (Å²) in [6, 6.07) is 0.752. The van der Waals surface area contributed by atoms with Crippen LogP contribution >= 0.6 is 0 Å². The van der Waals surface area contributed by atoms with E-state index in [1.165, 1.54) is 51.9 Å². The molecule has 0 saturated carbocycles. The van der Waals surface area contributed by atoms with Crippen molar-refractivity contribution in [3.8, 4) is 0 Å². The molecule has 0 aromatic heterocycles. The quantitative estimate of drug-likeness (QED) is 0.626. The first-order valence-electron chi connectivity index (χ1n) is 10.7. The highest BCUT2D eigenvalue weighted by Crippen LogP contribution is 2.24. The average molecular weight is 341 g/mol. The fourth-order valence-electron chi connectivity index (χ4n) is 4.08. The van der Waals surface area contributed by atoms with E-state index in [0.717, 1.165) is 29.7 Å². The molecule has 2 aliphatic rings. The molecule has 0 bridgehead atoms. The zero-order chi connectivity index (χ0) is 18.7. The Bertz CT molecular complexity index is 286. The topological polar surface area (TPSA) is 6.48 Å². The molecule has 24 heavy (non-hydrogen) atoms. The number of hydrogen-bond donors (Lipinski definition) is 0. The van der Waals surface area contributed by atoms with E-state index in [1.807, 2.05) is 13.8 Å². The molecule has 2 unspecified atom stereocenters. The summed E-state index contributed by atoms with van der Waals surface area (Å²) in [5.41, 5.74) is 0. The third-order valence-corrected chi connectivity index (χ3v) is 5.15. The number of rotatable bonds is 5. The van der Waals surface area contributed by atoms with Crippen molar-refractivity contribution >= 4 is 0 Å². The van der Waals surface area contributed by atoms with Crippen molar-refractivity contribution in [3.05, 3.63) is 0 Å². The highest BCUT2D eigenvalue weighted by atomic mass is 15.2. The maximum Gasteiger partial charge on any atom is 0.00387 e. The minimum Gasteiger partial charge on any atom is -0.306 e. The molecule has 0 aromatic rings. The average Bonchev–Trinajstić information content (AvgIpc) is 3.10. The predicted octanol–water partition coefficient (Wildman–Crippen LogP) is 5.77. The fourth-order valence-corrected chi connectivity index (χ4v) is 4.08. The van der Waals surface area contributed by atoms with Crippen LogP contribution in [0, 0.1) is 23.7 Å². The summed E-state index contributed by atoms with van der Waals surface area (Å²) >= 11 is 0. The summed E-state index contributed by atoms with van der Waals surface area (Å²) in [5.74, 6) is 3.73. The van der Waals surface area contributed by atoms with Gasteiger partial charge in [0.15, 0.2) is 0 Å². The lowest BCUT2D eigenvalue weighted by Crippen LogP contribution is -2.28. The summed E-state index contributed by atoms with van der Waals surface area (Å²) in [5, 5.41) is 0. The summed E-state index contributed by atoms with van der Waals surface area (Å²) in [7, 11) is 2.22. The van der Waals surface area contributed by atoms with Crippen LogP contribution in [0.3, 0.4) is 0 Å². The van der Waals surface area contributed by atoms with Crippen molar-refractivity contribution < 1.29 is 0 Å². The molecule has 2 atom stereocenters. The Morgan fingerprint density at radius 3 is 1.54 bits per heavy atom. The van der Waals surface area contributed by atoms with Crippen molar-refractivity contribution in [1.29, 1.82) is 0 Å². The van der Waals surface area contributed by atoms with Gasteiger partial charge in [0, 0.05) is 19.1 Å². The summed E-state index contributed by atoms with van der Waals surface area (Å²) < 4.78 is 0. The number of hydrogen-bond acceptors (Lipinski definition) is 2. The van der Waals surface area contributed by atoms with E-state index in [1.54, 1.807) is 0 Å². The highest BCUT2D eigenvalue weighted by molar-refractivity contribution is 4.78. The van der Waals surface area contributed by atoms with Gasteiger partial charge in [-0.2, -0.15) is 0 Å². The smallest absolute Gasteiger partial charge is 0.00387 e. The van der Waals surface area contributed by atoms with Gasteiger partial charge in [0.25, 0.3) is 0 Å². The maximum absolute atomic E-state index is 2.60. The normalized spacial score (nSPS) is 25.0. The molecule has 0 spiro atoms. The summed E-state index contributed by atoms with van der Waals surface area (Å²) in [6.07, 6.45) is 5.69. The van der Waals surface area contributed by atoms with E-state index in [0.29, 0.717) is 0 Å². The molecule has 0 aliphatic carbocycles. The van der Waals surface area contributed by atoms with Gasteiger partial charge < -0.3 is 9.80 Å². The van der Waals surface area contributed by atoms with E-state index in [4.69, 9.17) is 0 Å². The molecule has 0 N–H and O–H groups in total. The second kappa shape index (κ2) is 13.2. The van der Waals surface area contributed by atoms with Gasteiger partial charge in [-0.05, 0) is 83.3 Å². The molecule has 0 amide bonds. The molecule has 2 nitrogen and oxygen atoms in total. The van der Waals surface area contributed by atoms with Gasteiger partial charge in [0.1, 0.15) is 0 Å². The fraction of sp³-hybridized carbons (Fsp3) is 1.00. The van der Waals surface area contributed by atoms with E-state index < -0.39 is 0 Å². The van der Waals surface area contributed by atoms with Gasteiger partial charge >= 0.3 is 0 Å². The Morgan fingerprint density at radius 1 is 0.750 bits per heavy atom. The number of likely N-dealkylation sites (tertiary alicyclic amines) is 2. The van der Waals surface area contributed by atoms with Crippen LogP contribution in [-0.2, 0) is 0 Å². The first-order chi connectivity index (χ1) is 11.3. The predicted molar refractivity (Wildman–Crippen MR) is 111 cm³/mol. The largest absolute Gasteiger partial charge is 0.306 e. The van der Waals surface area contributed by atoms with E-state index in [9.17, 15) is 0 Å². The SMILES string of the molecule is CC.CC(C)CC1CCN(C(C)C)C1.CC(C)CC1CCN(C)C1. The minimum atomic E-state index is 0.752. The summed E-state index contributed by atoms with van der Waals surface area (Å²) in [4.78, 5) is 5.04. The molecular formula is C22H48N2. The van der Waals surface area contributed by atoms with Crippen molar-refractivity contribution in [2.45, 2.75) is 87.1 Å². The Hall–Kier alpha value is -0.0800. The van der Waals surface area contributed by atoms with Crippen molar-refractivity contribution in [1.82, 2.24) is 9.80 Å². The highest BCUT2D eigenvalue weighted by Gasteiger charge is 2.24. The first-order valence-corrected chi connectivity index (χ1v) is 10.7. The third-order valence-electron chi connectivity index (χ3n) is 5.15. The molecule has 2 heteroatoms. The number of nitrogens with zero attached hydrogens (tertiary/aromatic N) is 2. The van der Waals surface area contributed by atoms with Crippen LogP contribution in [0.5, 0.6) is 0 Å². The summed E-state index contributed by atoms with van der Waals surface area (Å²) in [6.45, 7) is 23.2. The minimum absolute atomic E-state index is 0.752. The van der Waals surface area contributed by atoms with Crippen molar-refractivity contribution in [3.63, 3.8) is 0 Å². The molecule has 2 aliphatic heterocycles. The van der Waals surface area contributed by atoms with Crippen LogP contribution in [0.15, 0.2) is 0 Å². The molecule has 0 aromatic carbocycles. The second-order valence-corrected chi connectivity index (χ2v) is 8.92. The first kappa shape index (κ1) is 23.9. The van der Waals surface area contributed by atoms with Gasteiger partial charge in [0.2, 0.25) is 0 Å². The van der Waals surface area contributed by atoms with Crippen molar-refractivity contribution in [2.24, 2.45) is 23.7 Å². The Labute approximate surface area is 154 Å². The lowest BCUT2D eigenvalue weighted by molar-refractivity contribution is 0.259. The Morgan fingerprint density at radius 2 is 1.21 bits per heavy atom. The van der Waals surface area contributed by atoms with Crippen LogP contribution in [-0.4, -0.2) is 49.1 Å². The lowest BCUT2D eigenvalue weighted by Gasteiger charge is -2.20. The zero-order valence-corrected chi connectivity index (χ0v) is 18.4. The Balaban J connectivity index is 0.000000405. The molecule has 146 valence electrons. The molecule has 2 rings (SSSR count). The standard InChI is InChI=1S/C11H23N.C9H19N.C2H6/c1-9(2)7-11-5-6-12(8-11)10(3)4;1-8(2)6-9-4-5-10(3)7-9;1-2/h9-11H,5-8H2,1-4H3;8-9H,4-7H2,1-3H3;1-2H3. The zero-order valence-electron chi connectivity index (χ0n) is 18.4. The van der Waals surface area contributed by atoms with E-state index >= 15 is 0 Å².